The van der Waals surface area contributed by atoms with Crippen LogP contribution < -0.4 is 5.73 Å². The van der Waals surface area contributed by atoms with E-state index in [0.29, 0.717) is 13.0 Å². The standard InChI is InChI=1S/C13H19FN2.C2HF3O2/c14-13(10-15)7-4-8-16(11-13)9-12-5-2-1-3-6-12;3-2(4,5)1(6)7/h1-3,5-6H,4,7-11,15H2;(H,6,7). The average Bonchev–Trinajstić information content (AvgIpc) is 2.48. The van der Waals surface area contributed by atoms with E-state index in [-0.39, 0.29) is 6.54 Å². The lowest BCUT2D eigenvalue weighted by Crippen LogP contribution is -2.49. The maximum atomic E-state index is 14.1. The van der Waals surface area contributed by atoms with Crippen LogP contribution in [0.1, 0.15) is 18.4 Å². The van der Waals surface area contributed by atoms with Crippen LogP contribution in [0.4, 0.5) is 17.6 Å². The number of hydrogen-bond acceptors (Lipinski definition) is 3. The first kappa shape index (κ1) is 19.4. The first-order valence-corrected chi connectivity index (χ1v) is 7.12. The van der Waals surface area contributed by atoms with Gasteiger partial charge in [0.25, 0.3) is 0 Å². The molecule has 0 aliphatic carbocycles. The van der Waals surface area contributed by atoms with Gasteiger partial charge in [-0.25, -0.2) is 9.18 Å². The molecule has 1 aliphatic heterocycles. The van der Waals surface area contributed by atoms with E-state index in [1.165, 1.54) is 5.56 Å². The Kier molecular flexibility index (Phi) is 6.96. The first-order valence-electron chi connectivity index (χ1n) is 7.12. The average molecular weight is 336 g/mol. The Morgan fingerprint density at radius 3 is 2.35 bits per heavy atom. The van der Waals surface area contributed by atoms with Gasteiger partial charge in [0.2, 0.25) is 0 Å². The fraction of sp³-hybridized carbons (Fsp3) is 0.533. The van der Waals surface area contributed by atoms with Gasteiger partial charge in [-0.1, -0.05) is 30.3 Å². The molecule has 1 heterocycles. The fourth-order valence-electron chi connectivity index (χ4n) is 2.32. The number of carboxylic acids is 1. The zero-order chi connectivity index (χ0) is 17.5. The summed E-state index contributed by atoms with van der Waals surface area (Å²) in [4.78, 5) is 11.1. The Bertz CT molecular complexity index is 496. The lowest BCUT2D eigenvalue weighted by molar-refractivity contribution is -0.192. The minimum atomic E-state index is -5.08. The number of nitrogens with two attached hydrogens (primary N) is 1. The topological polar surface area (TPSA) is 66.6 Å². The molecule has 0 spiro atoms. The summed E-state index contributed by atoms with van der Waals surface area (Å²) in [6.07, 6.45) is -3.57. The van der Waals surface area contributed by atoms with Crippen LogP contribution in [0.15, 0.2) is 30.3 Å². The van der Waals surface area contributed by atoms with Crippen molar-refractivity contribution in [1.29, 1.82) is 0 Å². The zero-order valence-corrected chi connectivity index (χ0v) is 12.5. The van der Waals surface area contributed by atoms with Gasteiger partial charge in [-0.3, -0.25) is 4.90 Å². The van der Waals surface area contributed by atoms with Gasteiger partial charge < -0.3 is 10.8 Å². The van der Waals surface area contributed by atoms with E-state index >= 15 is 0 Å². The number of halogens is 4. The second-order valence-electron chi connectivity index (χ2n) is 5.46. The van der Waals surface area contributed by atoms with E-state index in [2.05, 4.69) is 17.0 Å². The van der Waals surface area contributed by atoms with Gasteiger partial charge >= 0.3 is 12.1 Å². The van der Waals surface area contributed by atoms with Gasteiger partial charge in [0.05, 0.1) is 0 Å². The molecule has 23 heavy (non-hydrogen) atoms. The molecule has 1 atom stereocenters. The minimum absolute atomic E-state index is 0.137. The third kappa shape index (κ3) is 6.96. The first-order chi connectivity index (χ1) is 10.7. The summed E-state index contributed by atoms with van der Waals surface area (Å²) in [5, 5.41) is 7.12. The van der Waals surface area contributed by atoms with Gasteiger partial charge in [0.1, 0.15) is 5.67 Å². The Balaban J connectivity index is 0.000000322. The lowest BCUT2D eigenvalue weighted by atomic mass is 9.94. The summed E-state index contributed by atoms with van der Waals surface area (Å²) >= 11 is 0. The largest absolute Gasteiger partial charge is 0.490 e. The molecule has 0 bridgehead atoms. The maximum Gasteiger partial charge on any atom is 0.490 e. The number of hydrogen-bond donors (Lipinski definition) is 2. The number of aliphatic carboxylic acids is 1. The number of piperidine rings is 1. The predicted octanol–water partition coefficient (Wildman–Crippen LogP) is 2.58. The zero-order valence-electron chi connectivity index (χ0n) is 12.5. The molecule has 1 aromatic carbocycles. The number of benzene rings is 1. The molecule has 8 heteroatoms. The van der Waals surface area contributed by atoms with Crippen LogP contribution >= 0.6 is 0 Å². The maximum absolute atomic E-state index is 14.1. The smallest absolute Gasteiger partial charge is 0.475 e. The third-order valence-corrected chi connectivity index (χ3v) is 3.46. The summed E-state index contributed by atoms with van der Waals surface area (Å²) in [6.45, 7) is 2.41. The number of likely N-dealkylation sites (tertiary alicyclic amines) is 1. The number of rotatable bonds is 3. The molecule has 3 N–H and O–H groups in total. The van der Waals surface area contributed by atoms with Crippen LogP contribution in [0.25, 0.3) is 0 Å². The second-order valence-corrected chi connectivity index (χ2v) is 5.46. The molecule has 4 nitrogen and oxygen atoms in total. The van der Waals surface area contributed by atoms with Crippen LogP contribution in [-0.4, -0.2) is 47.5 Å². The third-order valence-electron chi connectivity index (χ3n) is 3.46. The van der Waals surface area contributed by atoms with Crippen LogP contribution in [-0.2, 0) is 11.3 Å². The molecule has 0 radical (unpaired) electrons. The molecule has 1 aliphatic rings. The highest BCUT2D eigenvalue weighted by Crippen LogP contribution is 2.25. The van der Waals surface area contributed by atoms with E-state index in [1.807, 2.05) is 18.2 Å². The minimum Gasteiger partial charge on any atom is -0.475 e. The van der Waals surface area contributed by atoms with E-state index < -0.39 is 17.8 Å². The van der Waals surface area contributed by atoms with Crippen molar-refractivity contribution in [3.8, 4) is 0 Å². The van der Waals surface area contributed by atoms with Gasteiger partial charge in [-0.15, -0.1) is 0 Å². The Morgan fingerprint density at radius 2 is 1.87 bits per heavy atom. The summed E-state index contributed by atoms with van der Waals surface area (Å²) in [7, 11) is 0. The van der Waals surface area contributed by atoms with E-state index in [4.69, 9.17) is 15.6 Å². The van der Waals surface area contributed by atoms with Crippen molar-refractivity contribution in [3.05, 3.63) is 35.9 Å². The van der Waals surface area contributed by atoms with Gasteiger partial charge in [0, 0.05) is 19.6 Å². The predicted molar refractivity (Wildman–Crippen MR) is 77.5 cm³/mol. The SMILES string of the molecule is NCC1(F)CCCN(Cc2ccccc2)C1.O=C(O)C(F)(F)F. The van der Waals surface area contributed by atoms with Crippen LogP contribution in [0.5, 0.6) is 0 Å². The van der Waals surface area contributed by atoms with Crippen LogP contribution in [0.2, 0.25) is 0 Å². The van der Waals surface area contributed by atoms with Crippen LogP contribution in [0, 0.1) is 0 Å². The van der Waals surface area contributed by atoms with Crippen LogP contribution in [0.3, 0.4) is 0 Å². The van der Waals surface area contributed by atoms with Gasteiger partial charge in [-0.05, 0) is 24.9 Å². The molecule has 0 saturated carbocycles. The Labute approximate surface area is 131 Å². The summed E-state index contributed by atoms with van der Waals surface area (Å²) < 4.78 is 45.8. The van der Waals surface area contributed by atoms with E-state index in [0.717, 1.165) is 19.5 Å². The summed E-state index contributed by atoms with van der Waals surface area (Å²) in [5.41, 5.74) is 5.56. The molecule has 1 aromatic rings. The van der Waals surface area contributed by atoms with Gasteiger partial charge in [0.15, 0.2) is 0 Å². The van der Waals surface area contributed by atoms with E-state index in [9.17, 15) is 17.6 Å². The van der Waals surface area contributed by atoms with E-state index in [1.54, 1.807) is 0 Å². The molecule has 0 amide bonds. The van der Waals surface area contributed by atoms with Crippen molar-refractivity contribution in [1.82, 2.24) is 4.90 Å². The van der Waals surface area contributed by atoms with Crippen molar-refractivity contribution in [2.45, 2.75) is 31.2 Å². The number of alkyl halides is 4. The Morgan fingerprint density at radius 1 is 1.30 bits per heavy atom. The summed E-state index contributed by atoms with van der Waals surface area (Å²) in [5.74, 6) is -2.76. The summed E-state index contributed by atoms with van der Waals surface area (Å²) in [6, 6.07) is 10.2. The molecule has 2 rings (SSSR count). The highest BCUT2D eigenvalue weighted by atomic mass is 19.4. The molecule has 1 unspecified atom stereocenters. The Hall–Kier alpha value is -1.67. The normalized spacial score (nSPS) is 22.1. The van der Waals surface area contributed by atoms with Crippen molar-refractivity contribution >= 4 is 5.97 Å². The number of carboxylic acid groups (broad SMARTS) is 1. The lowest BCUT2D eigenvalue weighted by Gasteiger charge is -2.36. The van der Waals surface area contributed by atoms with Crippen molar-refractivity contribution < 1.29 is 27.5 Å². The monoisotopic (exact) mass is 336 g/mol. The molecular formula is C15H20F4N2O2. The number of nitrogens with zero attached hydrogens (tertiary/aromatic N) is 1. The van der Waals surface area contributed by atoms with Gasteiger partial charge in [-0.2, -0.15) is 13.2 Å². The fourth-order valence-corrected chi connectivity index (χ4v) is 2.32. The second kappa shape index (κ2) is 8.26. The highest BCUT2D eigenvalue weighted by molar-refractivity contribution is 5.73. The molecule has 130 valence electrons. The van der Waals surface area contributed by atoms with Crippen molar-refractivity contribution in [2.75, 3.05) is 19.6 Å². The molecule has 1 fully saturated rings. The highest BCUT2D eigenvalue weighted by Gasteiger charge is 2.38. The molecule has 0 aromatic heterocycles. The molecular weight excluding hydrogens is 316 g/mol. The number of carbonyl (C=O) groups is 1. The quantitative estimate of drug-likeness (QED) is 0.833. The van der Waals surface area contributed by atoms with Crippen molar-refractivity contribution in [3.63, 3.8) is 0 Å². The molecule has 1 saturated heterocycles. The van der Waals surface area contributed by atoms with Crippen molar-refractivity contribution in [2.24, 2.45) is 5.73 Å².